The fraction of sp³-hybridized carbons (Fsp3) is 0.462. The Morgan fingerprint density at radius 3 is 2.53 bits per heavy atom. The van der Waals surface area contributed by atoms with Gasteiger partial charge in [-0.25, -0.2) is 12.7 Å². The zero-order valence-electron chi connectivity index (χ0n) is 20.0. The lowest BCUT2D eigenvalue weighted by Gasteiger charge is -2.31. The molecule has 0 bridgehead atoms. The minimum Gasteiger partial charge on any atom is -0.350 e. The quantitative estimate of drug-likeness (QED) is 0.535. The van der Waals surface area contributed by atoms with Crippen LogP contribution in [-0.2, 0) is 21.2 Å². The van der Waals surface area contributed by atoms with Crippen molar-refractivity contribution in [2.24, 2.45) is 5.92 Å². The molecule has 2 N–H and O–H groups in total. The molecule has 1 saturated heterocycles. The first-order chi connectivity index (χ1) is 16.3. The number of anilines is 1. The van der Waals surface area contributed by atoms with E-state index >= 15 is 0 Å². The van der Waals surface area contributed by atoms with Crippen LogP contribution in [0.25, 0.3) is 0 Å². The van der Waals surface area contributed by atoms with E-state index in [1.807, 2.05) is 44.2 Å². The van der Waals surface area contributed by atoms with Gasteiger partial charge in [-0.1, -0.05) is 49.4 Å². The maximum absolute atomic E-state index is 13.0. The van der Waals surface area contributed by atoms with Gasteiger partial charge in [-0.15, -0.1) is 0 Å². The predicted molar refractivity (Wildman–Crippen MR) is 135 cm³/mol. The molecule has 0 radical (unpaired) electrons. The van der Waals surface area contributed by atoms with Crippen LogP contribution in [0.3, 0.4) is 0 Å². The number of para-hydroxylation sites is 1. The SMILES string of the molecule is CC[C@@H](C)NC(=O)c1ccccc1NC(=O)[C@H]1CCCN(S(=O)(=O)CCCc2ccccc2)C1. The lowest BCUT2D eigenvalue weighted by molar-refractivity contribution is -0.120. The van der Waals surface area contributed by atoms with Gasteiger partial charge in [-0.05, 0) is 56.7 Å². The summed E-state index contributed by atoms with van der Waals surface area (Å²) < 4.78 is 27.3. The highest BCUT2D eigenvalue weighted by molar-refractivity contribution is 7.89. The molecule has 7 nitrogen and oxygen atoms in total. The second-order valence-electron chi connectivity index (χ2n) is 8.92. The molecule has 0 unspecified atom stereocenters. The van der Waals surface area contributed by atoms with E-state index < -0.39 is 15.9 Å². The van der Waals surface area contributed by atoms with Crippen molar-refractivity contribution in [1.82, 2.24) is 9.62 Å². The lowest BCUT2D eigenvalue weighted by Crippen LogP contribution is -2.44. The van der Waals surface area contributed by atoms with Crippen LogP contribution in [0.15, 0.2) is 54.6 Å². The Kier molecular flexibility index (Phi) is 9.24. The van der Waals surface area contributed by atoms with Gasteiger partial charge in [-0.3, -0.25) is 9.59 Å². The van der Waals surface area contributed by atoms with Crippen LogP contribution in [0.5, 0.6) is 0 Å². The van der Waals surface area contributed by atoms with E-state index in [1.54, 1.807) is 24.3 Å². The van der Waals surface area contributed by atoms with E-state index in [2.05, 4.69) is 10.6 Å². The second kappa shape index (κ2) is 12.1. The summed E-state index contributed by atoms with van der Waals surface area (Å²) in [6.07, 6.45) is 3.29. The van der Waals surface area contributed by atoms with E-state index in [-0.39, 0.29) is 30.2 Å². The number of hydrogen-bond donors (Lipinski definition) is 2. The number of aryl methyl sites for hydroxylation is 1. The summed E-state index contributed by atoms with van der Waals surface area (Å²) in [5, 5.41) is 5.79. The summed E-state index contributed by atoms with van der Waals surface area (Å²) in [6, 6.07) is 16.7. The molecule has 0 saturated carbocycles. The summed E-state index contributed by atoms with van der Waals surface area (Å²) in [5.41, 5.74) is 1.96. The minimum atomic E-state index is -3.44. The van der Waals surface area contributed by atoms with E-state index in [1.165, 1.54) is 4.31 Å². The molecule has 34 heavy (non-hydrogen) atoms. The summed E-state index contributed by atoms with van der Waals surface area (Å²) in [6.45, 7) is 4.52. The molecule has 0 aliphatic carbocycles. The number of amides is 2. The van der Waals surface area contributed by atoms with Gasteiger partial charge >= 0.3 is 0 Å². The van der Waals surface area contributed by atoms with Crippen molar-refractivity contribution in [2.75, 3.05) is 24.2 Å². The molecule has 1 heterocycles. The van der Waals surface area contributed by atoms with Crippen molar-refractivity contribution in [3.63, 3.8) is 0 Å². The third-order valence-electron chi connectivity index (χ3n) is 6.28. The van der Waals surface area contributed by atoms with Gasteiger partial charge < -0.3 is 10.6 Å². The highest BCUT2D eigenvalue weighted by Crippen LogP contribution is 2.23. The van der Waals surface area contributed by atoms with Crippen LogP contribution in [-0.4, -0.2) is 49.4 Å². The predicted octanol–water partition coefficient (Wildman–Crippen LogP) is 3.83. The van der Waals surface area contributed by atoms with Gasteiger partial charge in [0.1, 0.15) is 0 Å². The monoisotopic (exact) mass is 485 g/mol. The highest BCUT2D eigenvalue weighted by Gasteiger charge is 2.32. The molecule has 2 aromatic rings. The normalized spacial score (nSPS) is 17.6. The van der Waals surface area contributed by atoms with Crippen LogP contribution in [0.1, 0.15) is 55.5 Å². The molecule has 1 aliphatic rings. The summed E-state index contributed by atoms with van der Waals surface area (Å²) in [4.78, 5) is 25.7. The van der Waals surface area contributed by atoms with Gasteiger partial charge in [0.15, 0.2) is 0 Å². The minimum absolute atomic E-state index is 0.0234. The first kappa shape index (κ1) is 25.9. The van der Waals surface area contributed by atoms with Crippen molar-refractivity contribution >= 4 is 27.5 Å². The number of carbonyl (C=O) groups excluding carboxylic acids is 2. The molecule has 8 heteroatoms. The van der Waals surface area contributed by atoms with E-state index in [0.29, 0.717) is 43.5 Å². The number of benzene rings is 2. The number of sulfonamides is 1. The molecule has 3 rings (SSSR count). The molecule has 0 aromatic heterocycles. The zero-order chi connectivity index (χ0) is 24.6. The lowest BCUT2D eigenvalue weighted by atomic mass is 9.98. The first-order valence-corrected chi connectivity index (χ1v) is 13.6. The van der Waals surface area contributed by atoms with Crippen molar-refractivity contribution in [2.45, 2.75) is 52.0 Å². The molecule has 2 amide bonds. The molecular weight excluding hydrogens is 450 g/mol. The number of nitrogens with zero attached hydrogens (tertiary/aromatic N) is 1. The van der Waals surface area contributed by atoms with Crippen molar-refractivity contribution in [1.29, 1.82) is 0 Å². The van der Waals surface area contributed by atoms with Crippen LogP contribution in [0, 0.1) is 5.92 Å². The number of piperidine rings is 1. The van der Waals surface area contributed by atoms with Gasteiger partial charge in [0.05, 0.1) is 22.9 Å². The smallest absolute Gasteiger partial charge is 0.253 e. The maximum atomic E-state index is 13.0. The van der Waals surface area contributed by atoms with Gasteiger partial charge in [0.2, 0.25) is 15.9 Å². The average molecular weight is 486 g/mol. The largest absolute Gasteiger partial charge is 0.350 e. The van der Waals surface area contributed by atoms with Gasteiger partial charge in [-0.2, -0.15) is 0 Å². The van der Waals surface area contributed by atoms with Crippen molar-refractivity contribution in [3.05, 3.63) is 65.7 Å². The first-order valence-electron chi connectivity index (χ1n) is 12.0. The number of rotatable bonds is 10. The van der Waals surface area contributed by atoms with Gasteiger partial charge in [0.25, 0.3) is 5.91 Å². The van der Waals surface area contributed by atoms with Crippen LogP contribution in [0.4, 0.5) is 5.69 Å². The van der Waals surface area contributed by atoms with E-state index in [0.717, 1.165) is 12.0 Å². The molecule has 1 aliphatic heterocycles. The average Bonchev–Trinajstić information content (AvgIpc) is 2.85. The Labute approximate surface area is 203 Å². The van der Waals surface area contributed by atoms with Crippen LogP contribution < -0.4 is 10.6 Å². The standard InChI is InChI=1S/C26H35N3O4S/c1-3-20(2)27-26(31)23-15-7-8-16-24(23)28-25(30)22-14-9-17-29(19-22)34(32,33)18-10-13-21-11-5-4-6-12-21/h4-8,11-12,15-16,20,22H,3,9-10,13-14,17-19H2,1-2H3,(H,27,31)(H,28,30)/t20-,22+/m1/s1. The molecule has 2 aromatic carbocycles. The van der Waals surface area contributed by atoms with Crippen molar-refractivity contribution in [3.8, 4) is 0 Å². The van der Waals surface area contributed by atoms with Crippen molar-refractivity contribution < 1.29 is 18.0 Å². The Hall–Kier alpha value is -2.71. The van der Waals surface area contributed by atoms with Gasteiger partial charge in [0, 0.05) is 19.1 Å². The topological polar surface area (TPSA) is 95.6 Å². The highest BCUT2D eigenvalue weighted by atomic mass is 32.2. The van der Waals surface area contributed by atoms with E-state index in [4.69, 9.17) is 0 Å². The second-order valence-corrected chi connectivity index (χ2v) is 11.0. The Balaban J connectivity index is 1.59. The fourth-order valence-electron chi connectivity index (χ4n) is 4.07. The Morgan fingerprint density at radius 1 is 1.09 bits per heavy atom. The number of carbonyl (C=O) groups is 2. The third kappa shape index (κ3) is 7.14. The molecule has 1 fully saturated rings. The maximum Gasteiger partial charge on any atom is 0.253 e. The van der Waals surface area contributed by atoms with Crippen LogP contribution >= 0.6 is 0 Å². The summed E-state index contributed by atoms with van der Waals surface area (Å²) in [7, 11) is -3.44. The molecule has 0 spiro atoms. The summed E-state index contributed by atoms with van der Waals surface area (Å²) in [5.74, 6) is -0.887. The zero-order valence-corrected chi connectivity index (χ0v) is 20.8. The number of hydrogen-bond acceptors (Lipinski definition) is 4. The molecule has 184 valence electrons. The summed E-state index contributed by atoms with van der Waals surface area (Å²) >= 11 is 0. The molecule has 2 atom stereocenters. The molecular formula is C26H35N3O4S. The Morgan fingerprint density at radius 2 is 1.79 bits per heavy atom. The van der Waals surface area contributed by atoms with Crippen LogP contribution in [0.2, 0.25) is 0 Å². The Bertz CT molecular complexity index is 1070. The fourth-order valence-corrected chi connectivity index (χ4v) is 5.65. The van der Waals surface area contributed by atoms with E-state index in [9.17, 15) is 18.0 Å². The number of nitrogens with one attached hydrogen (secondary N) is 2. The third-order valence-corrected chi connectivity index (χ3v) is 8.20.